The molecule has 2 unspecified atom stereocenters. The van der Waals surface area contributed by atoms with Gasteiger partial charge in [-0.3, -0.25) is 4.79 Å². The molecule has 1 heterocycles. The number of ketones is 1. The van der Waals surface area contributed by atoms with Gasteiger partial charge in [0.2, 0.25) is 0 Å². The van der Waals surface area contributed by atoms with Gasteiger partial charge < -0.3 is 5.11 Å². The first-order valence-electron chi connectivity index (χ1n) is 11.9. The molecule has 5 aliphatic carbocycles. The summed E-state index contributed by atoms with van der Waals surface area (Å²) in [4.78, 5) is 14.7. The molecule has 5 aliphatic rings. The van der Waals surface area contributed by atoms with Gasteiger partial charge in [-0.15, -0.1) is 0 Å². The van der Waals surface area contributed by atoms with Crippen LogP contribution in [0.2, 0.25) is 0 Å². The van der Waals surface area contributed by atoms with Crippen molar-refractivity contribution in [1.29, 1.82) is 0 Å². The second kappa shape index (κ2) is 5.93. The summed E-state index contributed by atoms with van der Waals surface area (Å²) in [6.07, 6.45) is 14.2. The topological polar surface area (TPSA) is 68.0 Å². The fourth-order valence-electron chi connectivity index (χ4n) is 9.35. The van der Waals surface area contributed by atoms with Gasteiger partial charge in [-0.1, -0.05) is 6.92 Å². The largest absolute Gasteiger partial charge is 0.390 e. The molecule has 1 aromatic heterocycles. The van der Waals surface area contributed by atoms with Crippen LogP contribution in [0, 0.1) is 46.3 Å². The van der Waals surface area contributed by atoms with Gasteiger partial charge in [-0.25, -0.2) is 0 Å². The number of fused-ring (bicyclic) bond motifs is 4. The molecule has 0 bridgehead atoms. The van der Waals surface area contributed by atoms with Gasteiger partial charge in [0.15, 0.2) is 5.78 Å². The molecule has 5 heteroatoms. The molecule has 1 N–H and O–H groups in total. The molecule has 0 aromatic carbocycles. The zero-order valence-electron chi connectivity index (χ0n) is 17.9. The van der Waals surface area contributed by atoms with Crippen LogP contribution in [-0.2, 0) is 11.3 Å². The summed E-state index contributed by atoms with van der Waals surface area (Å²) in [6, 6.07) is 0. The van der Waals surface area contributed by atoms with Crippen molar-refractivity contribution in [2.24, 2.45) is 46.3 Å². The van der Waals surface area contributed by atoms with Gasteiger partial charge >= 0.3 is 0 Å². The standard InChI is InChI=1S/C24H35N3O2/c1-22-8-5-16-15(6-10-24-13-21(24)23(2,29)9-7-18(16)24)17(22)3-4-19(22)20(28)14-27-25-11-12-26-27/h11-12,15-19,21,29H,3-10,13-14H2,1-2H3/t15-,16+,17+,18-,19-,21?,22+,23-,24?/m1/s1. The van der Waals surface area contributed by atoms with E-state index >= 15 is 0 Å². The zero-order chi connectivity index (χ0) is 20.0. The SMILES string of the molecule is C[C@]12CC[C@H]3[C@@H](CCC45CC4[C@](C)(O)CC[C@H]35)[C@@H]1CC[C@@H]2C(=O)Cn1nccn1. The molecule has 6 rings (SSSR count). The Kier molecular flexibility index (Phi) is 3.79. The summed E-state index contributed by atoms with van der Waals surface area (Å²) in [5, 5.41) is 19.2. The number of carbonyl (C=O) groups excluding carboxylic acids is 1. The molecule has 5 nitrogen and oxygen atoms in total. The van der Waals surface area contributed by atoms with Crippen LogP contribution in [0.5, 0.6) is 0 Å². The highest BCUT2D eigenvalue weighted by molar-refractivity contribution is 5.82. The fourth-order valence-corrected chi connectivity index (χ4v) is 9.35. The van der Waals surface area contributed by atoms with Gasteiger partial charge in [0, 0.05) is 5.92 Å². The molecule has 0 radical (unpaired) electrons. The number of Topliss-reactive ketones (excluding diaryl/α,β-unsaturated/α-hetero) is 1. The van der Waals surface area contributed by atoms with E-state index in [-0.39, 0.29) is 11.3 Å². The number of aliphatic hydroxyl groups is 1. The molecule has 5 saturated carbocycles. The number of rotatable bonds is 3. The second-order valence-electron chi connectivity index (χ2n) is 11.7. The summed E-state index contributed by atoms with van der Waals surface area (Å²) < 4.78 is 0. The van der Waals surface area contributed by atoms with Gasteiger partial charge in [-0.2, -0.15) is 15.0 Å². The predicted octanol–water partition coefficient (Wildman–Crippen LogP) is 3.87. The smallest absolute Gasteiger partial charge is 0.159 e. The Morgan fingerprint density at radius 2 is 1.72 bits per heavy atom. The van der Waals surface area contributed by atoms with E-state index in [0.29, 0.717) is 29.6 Å². The Labute approximate surface area is 173 Å². The predicted molar refractivity (Wildman–Crippen MR) is 109 cm³/mol. The minimum absolute atomic E-state index is 0.166. The van der Waals surface area contributed by atoms with E-state index in [1.807, 2.05) is 0 Å². The normalized spacial score (nSPS) is 52.8. The van der Waals surface area contributed by atoms with Crippen LogP contribution in [0.1, 0.15) is 71.6 Å². The maximum absolute atomic E-state index is 13.2. The first-order valence-corrected chi connectivity index (χ1v) is 11.9. The minimum atomic E-state index is -0.419. The summed E-state index contributed by atoms with van der Waals surface area (Å²) in [5.41, 5.74) is 0.215. The van der Waals surface area contributed by atoms with Crippen LogP contribution in [-0.4, -0.2) is 31.5 Å². The Balaban J connectivity index is 1.22. The van der Waals surface area contributed by atoms with Gasteiger partial charge in [0.1, 0.15) is 6.54 Å². The van der Waals surface area contributed by atoms with Crippen LogP contribution in [0.25, 0.3) is 0 Å². The fraction of sp³-hybridized carbons (Fsp3) is 0.875. The maximum atomic E-state index is 13.2. The molecular weight excluding hydrogens is 362 g/mol. The highest BCUT2D eigenvalue weighted by Crippen LogP contribution is 2.76. The van der Waals surface area contributed by atoms with Crippen LogP contribution in [0.4, 0.5) is 0 Å². The Hall–Kier alpha value is -1.23. The average Bonchev–Trinajstić information content (AvgIpc) is 3.04. The van der Waals surface area contributed by atoms with Crippen molar-refractivity contribution in [3.63, 3.8) is 0 Å². The van der Waals surface area contributed by atoms with Crippen LogP contribution >= 0.6 is 0 Å². The third kappa shape index (κ3) is 2.46. The van der Waals surface area contributed by atoms with Crippen LogP contribution in [0.3, 0.4) is 0 Å². The van der Waals surface area contributed by atoms with Crippen LogP contribution in [0.15, 0.2) is 12.4 Å². The van der Waals surface area contributed by atoms with E-state index in [9.17, 15) is 9.90 Å². The van der Waals surface area contributed by atoms with E-state index in [1.165, 1.54) is 44.9 Å². The monoisotopic (exact) mass is 397 g/mol. The van der Waals surface area contributed by atoms with Crippen molar-refractivity contribution in [3.8, 4) is 0 Å². The zero-order valence-corrected chi connectivity index (χ0v) is 17.9. The average molecular weight is 398 g/mol. The lowest BCUT2D eigenvalue weighted by atomic mass is 9.48. The third-order valence-corrected chi connectivity index (χ3v) is 10.7. The maximum Gasteiger partial charge on any atom is 0.159 e. The molecular formula is C24H35N3O2. The Morgan fingerprint density at radius 3 is 2.52 bits per heavy atom. The van der Waals surface area contributed by atoms with E-state index in [0.717, 1.165) is 30.6 Å². The number of carbonyl (C=O) groups is 1. The minimum Gasteiger partial charge on any atom is -0.390 e. The number of aromatic nitrogens is 3. The van der Waals surface area contributed by atoms with Crippen molar-refractivity contribution in [2.45, 2.75) is 83.8 Å². The van der Waals surface area contributed by atoms with Crippen molar-refractivity contribution in [3.05, 3.63) is 12.4 Å². The Morgan fingerprint density at radius 1 is 1.00 bits per heavy atom. The van der Waals surface area contributed by atoms with Crippen molar-refractivity contribution >= 4 is 5.78 Å². The summed E-state index contributed by atoms with van der Waals surface area (Å²) >= 11 is 0. The lowest BCUT2D eigenvalue weighted by Crippen LogP contribution is -2.52. The number of hydrogen-bond donors (Lipinski definition) is 1. The molecule has 158 valence electrons. The first-order chi connectivity index (χ1) is 13.9. The lowest BCUT2D eigenvalue weighted by molar-refractivity contribution is -0.134. The highest BCUT2D eigenvalue weighted by Gasteiger charge is 2.71. The second-order valence-corrected chi connectivity index (χ2v) is 11.7. The summed E-state index contributed by atoms with van der Waals surface area (Å²) in [5.74, 6) is 4.25. The number of hydrogen-bond acceptors (Lipinski definition) is 4. The van der Waals surface area contributed by atoms with E-state index < -0.39 is 5.60 Å². The molecule has 9 atom stereocenters. The quantitative estimate of drug-likeness (QED) is 0.841. The summed E-state index contributed by atoms with van der Waals surface area (Å²) in [7, 11) is 0. The van der Waals surface area contributed by atoms with E-state index in [4.69, 9.17) is 0 Å². The van der Waals surface area contributed by atoms with Crippen molar-refractivity contribution in [1.82, 2.24) is 15.0 Å². The van der Waals surface area contributed by atoms with Gasteiger partial charge in [-0.05, 0) is 105 Å². The van der Waals surface area contributed by atoms with Crippen LogP contribution < -0.4 is 0 Å². The van der Waals surface area contributed by atoms with E-state index in [2.05, 4.69) is 24.0 Å². The molecule has 1 aromatic rings. The van der Waals surface area contributed by atoms with Gasteiger partial charge in [0.25, 0.3) is 0 Å². The molecule has 1 spiro atoms. The van der Waals surface area contributed by atoms with Crippen molar-refractivity contribution < 1.29 is 9.90 Å². The molecule has 0 aliphatic heterocycles. The summed E-state index contributed by atoms with van der Waals surface area (Å²) in [6.45, 7) is 4.85. The first kappa shape index (κ1) is 18.5. The molecule has 5 fully saturated rings. The lowest BCUT2D eigenvalue weighted by Gasteiger charge is -2.57. The Bertz CT molecular complexity index is 820. The molecule has 29 heavy (non-hydrogen) atoms. The van der Waals surface area contributed by atoms with Gasteiger partial charge in [0.05, 0.1) is 18.0 Å². The molecule has 0 amide bonds. The number of nitrogens with zero attached hydrogens (tertiary/aromatic N) is 3. The van der Waals surface area contributed by atoms with E-state index in [1.54, 1.807) is 17.2 Å². The van der Waals surface area contributed by atoms with Crippen molar-refractivity contribution in [2.75, 3.05) is 0 Å². The third-order valence-electron chi connectivity index (χ3n) is 10.7. The highest BCUT2D eigenvalue weighted by atomic mass is 16.3. The molecule has 0 saturated heterocycles.